The summed E-state index contributed by atoms with van der Waals surface area (Å²) in [6, 6.07) is 12.5. The maximum atomic E-state index is 11.5. The van der Waals surface area contributed by atoms with Crippen LogP contribution in [0.2, 0.25) is 0 Å². The van der Waals surface area contributed by atoms with Gasteiger partial charge in [-0.15, -0.1) is 0 Å². The lowest BCUT2D eigenvalue weighted by Gasteiger charge is -2.17. The molecule has 2 rings (SSSR count). The fourth-order valence-corrected chi connectivity index (χ4v) is 2.56. The summed E-state index contributed by atoms with van der Waals surface area (Å²) in [6.45, 7) is 17.6. The Kier molecular flexibility index (Phi) is 8.24. The third-order valence-corrected chi connectivity index (χ3v) is 3.88. The first-order valence-electron chi connectivity index (χ1n) is 9.20. The molecule has 0 N–H and O–H groups in total. The molecule has 27 heavy (non-hydrogen) atoms. The molecule has 0 amide bonds. The van der Waals surface area contributed by atoms with Gasteiger partial charge in [0.05, 0.1) is 0 Å². The van der Waals surface area contributed by atoms with Crippen LogP contribution in [-0.2, 0) is 9.53 Å². The molecule has 0 bridgehead atoms. The van der Waals surface area contributed by atoms with Crippen molar-refractivity contribution in [3.05, 3.63) is 82.4 Å². The molecule has 0 radical (unpaired) electrons. The van der Waals surface area contributed by atoms with Gasteiger partial charge < -0.3 is 4.74 Å². The Balaban J connectivity index is 0.000000309. The second-order valence-electron chi connectivity index (χ2n) is 7.79. The van der Waals surface area contributed by atoms with Crippen LogP contribution >= 0.6 is 0 Å². The molecule has 0 atom stereocenters. The monoisotopic (exact) mass is 364 g/mol. The molecular formula is C25H32O2. The third kappa shape index (κ3) is 8.54. The molecule has 0 aliphatic rings. The molecule has 0 heterocycles. The van der Waals surface area contributed by atoms with E-state index in [1.807, 2.05) is 52.8 Å². The fraction of sp³-hybridized carbons (Fsp3) is 0.320. The second kappa shape index (κ2) is 9.91. The predicted molar refractivity (Wildman–Crippen MR) is 117 cm³/mol. The minimum absolute atomic E-state index is 0.308. The highest BCUT2D eigenvalue weighted by Crippen LogP contribution is 2.13. The van der Waals surface area contributed by atoms with Gasteiger partial charge in [-0.25, -0.2) is 4.79 Å². The number of aryl methyl sites for hydroxylation is 4. The standard InChI is InChI=1S/C15H20O2.C10H12/c1-11-6-7-13(12(2)10-11)8-9-14(16)17-15(3,4)5;1-4-10-6-5-8(2)7-9(10)3/h6-10H,1-5H3;4-7H,1H2,2-3H3/b9-8+;. The molecule has 0 fully saturated rings. The first kappa shape index (κ1) is 22.4. The van der Waals surface area contributed by atoms with Crippen LogP contribution in [0.3, 0.4) is 0 Å². The maximum Gasteiger partial charge on any atom is 0.331 e. The summed E-state index contributed by atoms with van der Waals surface area (Å²) in [4.78, 5) is 11.5. The minimum Gasteiger partial charge on any atom is -0.457 e. The van der Waals surface area contributed by atoms with Gasteiger partial charge in [-0.05, 0) is 76.8 Å². The number of esters is 1. The van der Waals surface area contributed by atoms with E-state index >= 15 is 0 Å². The van der Waals surface area contributed by atoms with E-state index in [9.17, 15) is 4.79 Å². The van der Waals surface area contributed by atoms with Crippen molar-refractivity contribution in [2.45, 2.75) is 54.1 Å². The first-order chi connectivity index (χ1) is 12.5. The topological polar surface area (TPSA) is 26.3 Å². The van der Waals surface area contributed by atoms with Gasteiger partial charge in [0, 0.05) is 6.08 Å². The zero-order valence-corrected chi connectivity index (χ0v) is 17.7. The molecule has 0 aromatic heterocycles. The van der Waals surface area contributed by atoms with Crippen LogP contribution < -0.4 is 0 Å². The molecule has 0 aliphatic heterocycles. The third-order valence-electron chi connectivity index (χ3n) is 3.88. The Morgan fingerprint density at radius 3 is 1.78 bits per heavy atom. The van der Waals surface area contributed by atoms with Gasteiger partial charge in [-0.3, -0.25) is 0 Å². The summed E-state index contributed by atoms with van der Waals surface area (Å²) in [7, 11) is 0. The van der Waals surface area contributed by atoms with Crippen LogP contribution in [0.25, 0.3) is 12.2 Å². The highest BCUT2D eigenvalue weighted by atomic mass is 16.6. The highest BCUT2D eigenvalue weighted by molar-refractivity contribution is 5.87. The van der Waals surface area contributed by atoms with Gasteiger partial charge >= 0.3 is 5.97 Å². The Morgan fingerprint density at radius 1 is 0.889 bits per heavy atom. The summed E-state index contributed by atoms with van der Waals surface area (Å²) >= 11 is 0. The second-order valence-corrected chi connectivity index (χ2v) is 7.79. The molecule has 0 saturated carbocycles. The molecule has 0 saturated heterocycles. The minimum atomic E-state index is -0.441. The molecule has 2 nitrogen and oxygen atoms in total. The van der Waals surface area contributed by atoms with Crippen LogP contribution in [0.5, 0.6) is 0 Å². The summed E-state index contributed by atoms with van der Waals surface area (Å²) < 4.78 is 5.20. The van der Waals surface area contributed by atoms with E-state index in [4.69, 9.17) is 4.74 Å². The van der Waals surface area contributed by atoms with E-state index in [1.165, 1.54) is 28.3 Å². The van der Waals surface area contributed by atoms with Crippen molar-refractivity contribution < 1.29 is 9.53 Å². The van der Waals surface area contributed by atoms with Crippen molar-refractivity contribution in [1.82, 2.24) is 0 Å². The van der Waals surface area contributed by atoms with E-state index in [0.29, 0.717) is 0 Å². The number of ether oxygens (including phenoxy) is 1. The van der Waals surface area contributed by atoms with Gasteiger partial charge in [0.15, 0.2) is 0 Å². The van der Waals surface area contributed by atoms with Gasteiger partial charge in [-0.2, -0.15) is 0 Å². The molecule has 2 aromatic rings. The maximum absolute atomic E-state index is 11.5. The summed E-state index contributed by atoms with van der Waals surface area (Å²) in [5, 5.41) is 0. The number of hydrogen-bond acceptors (Lipinski definition) is 2. The Hall–Kier alpha value is -2.61. The van der Waals surface area contributed by atoms with E-state index in [0.717, 1.165) is 11.1 Å². The Morgan fingerprint density at radius 2 is 1.37 bits per heavy atom. The zero-order valence-electron chi connectivity index (χ0n) is 17.7. The molecule has 144 valence electrons. The largest absolute Gasteiger partial charge is 0.457 e. The van der Waals surface area contributed by atoms with Crippen LogP contribution in [0.4, 0.5) is 0 Å². The SMILES string of the molecule is C=Cc1ccc(C)cc1C.Cc1ccc(/C=C/C(=O)OC(C)(C)C)c(C)c1. The molecule has 0 spiro atoms. The van der Waals surface area contributed by atoms with Crippen molar-refractivity contribution in [2.75, 3.05) is 0 Å². The van der Waals surface area contributed by atoms with Crippen molar-refractivity contribution in [3.8, 4) is 0 Å². The highest BCUT2D eigenvalue weighted by Gasteiger charge is 2.13. The molecule has 0 aliphatic carbocycles. The molecular weight excluding hydrogens is 332 g/mol. The van der Waals surface area contributed by atoms with Crippen LogP contribution in [0.1, 0.15) is 54.2 Å². The smallest absolute Gasteiger partial charge is 0.331 e. The average molecular weight is 365 g/mol. The fourth-order valence-electron chi connectivity index (χ4n) is 2.56. The lowest BCUT2D eigenvalue weighted by molar-refractivity contribution is -0.148. The van der Waals surface area contributed by atoms with Crippen molar-refractivity contribution in [1.29, 1.82) is 0 Å². The molecule has 2 aromatic carbocycles. The molecule has 0 unspecified atom stereocenters. The Labute approximate surface area is 164 Å². The normalized spacial score (nSPS) is 10.9. The molecule has 2 heteroatoms. The number of carbonyl (C=O) groups is 1. The quantitative estimate of drug-likeness (QED) is 0.453. The van der Waals surface area contributed by atoms with E-state index < -0.39 is 5.60 Å². The lowest BCUT2D eigenvalue weighted by Crippen LogP contribution is -2.22. The number of hydrogen-bond donors (Lipinski definition) is 0. The van der Waals surface area contributed by atoms with Crippen molar-refractivity contribution >= 4 is 18.1 Å². The zero-order chi connectivity index (χ0) is 20.6. The van der Waals surface area contributed by atoms with Gasteiger partial charge in [0.25, 0.3) is 0 Å². The van der Waals surface area contributed by atoms with Crippen LogP contribution in [0.15, 0.2) is 49.1 Å². The summed E-state index contributed by atoms with van der Waals surface area (Å²) in [5.41, 5.74) is 6.82. The summed E-state index contributed by atoms with van der Waals surface area (Å²) in [5.74, 6) is -0.308. The van der Waals surface area contributed by atoms with Crippen LogP contribution in [-0.4, -0.2) is 11.6 Å². The predicted octanol–water partition coefficient (Wildman–Crippen LogP) is 6.60. The van der Waals surface area contributed by atoms with Crippen LogP contribution in [0, 0.1) is 27.7 Å². The lowest BCUT2D eigenvalue weighted by atomic mass is 10.1. The van der Waals surface area contributed by atoms with Crippen molar-refractivity contribution in [3.63, 3.8) is 0 Å². The van der Waals surface area contributed by atoms with Gasteiger partial charge in [0.1, 0.15) is 5.60 Å². The van der Waals surface area contributed by atoms with E-state index in [-0.39, 0.29) is 5.97 Å². The summed E-state index contributed by atoms with van der Waals surface area (Å²) in [6.07, 6.45) is 5.15. The number of carbonyl (C=O) groups excluding carboxylic acids is 1. The van der Waals surface area contributed by atoms with Crippen molar-refractivity contribution in [2.24, 2.45) is 0 Å². The number of rotatable bonds is 3. The first-order valence-corrected chi connectivity index (χ1v) is 9.20. The number of benzene rings is 2. The Bertz CT molecular complexity index is 821. The average Bonchev–Trinajstić information content (AvgIpc) is 2.53. The van der Waals surface area contributed by atoms with E-state index in [2.05, 4.69) is 44.7 Å². The van der Waals surface area contributed by atoms with Gasteiger partial charge in [0.2, 0.25) is 0 Å². The van der Waals surface area contributed by atoms with E-state index in [1.54, 1.807) is 6.08 Å². The van der Waals surface area contributed by atoms with Gasteiger partial charge in [-0.1, -0.05) is 60.2 Å².